The van der Waals surface area contributed by atoms with Crippen molar-refractivity contribution in [1.29, 1.82) is 0 Å². The van der Waals surface area contributed by atoms with Gasteiger partial charge in [0.15, 0.2) is 0 Å². The number of aliphatic hydroxyl groups is 2. The monoisotopic (exact) mass is 214 g/mol. The molecule has 0 heterocycles. The molecule has 2 nitrogen and oxygen atoms in total. The van der Waals surface area contributed by atoms with Gasteiger partial charge in [-0.1, -0.05) is 33.6 Å². The highest BCUT2D eigenvalue weighted by atomic mass is 16.3. The lowest BCUT2D eigenvalue weighted by Crippen LogP contribution is -2.39. The van der Waals surface area contributed by atoms with Gasteiger partial charge >= 0.3 is 0 Å². The summed E-state index contributed by atoms with van der Waals surface area (Å²) >= 11 is 0. The standard InChI is InChI=1S/C13H26O2/c1-4-5-10-7-12(14)13(15)8-11(10)6-9(2)3/h9-15H,4-8H2,1-3H3. The van der Waals surface area contributed by atoms with Crippen LogP contribution in [0.25, 0.3) is 0 Å². The van der Waals surface area contributed by atoms with Gasteiger partial charge in [0.2, 0.25) is 0 Å². The molecule has 1 aliphatic carbocycles. The third-order valence-electron chi connectivity index (χ3n) is 3.63. The zero-order chi connectivity index (χ0) is 11.4. The molecule has 0 spiro atoms. The van der Waals surface area contributed by atoms with E-state index in [1.807, 2.05) is 0 Å². The van der Waals surface area contributed by atoms with Crippen molar-refractivity contribution in [1.82, 2.24) is 0 Å². The summed E-state index contributed by atoms with van der Waals surface area (Å²) in [6, 6.07) is 0. The Hall–Kier alpha value is -0.0800. The fourth-order valence-electron chi connectivity index (χ4n) is 2.94. The van der Waals surface area contributed by atoms with E-state index in [0.717, 1.165) is 12.8 Å². The zero-order valence-corrected chi connectivity index (χ0v) is 10.3. The van der Waals surface area contributed by atoms with Crippen LogP contribution in [0.2, 0.25) is 0 Å². The highest BCUT2D eigenvalue weighted by Gasteiger charge is 2.34. The molecule has 0 aliphatic heterocycles. The summed E-state index contributed by atoms with van der Waals surface area (Å²) < 4.78 is 0. The molecule has 0 aromatic carbocycles. The minimum absolute atomic E-state index is 0.482. The molecule has 2 heteroatoms. The van der Waals surface area contributed by atoms with E-state index in [9.17, 15) is 10.2 Å². The second-order valence-corrected chi connectivity index (χ2v) is 5.54. The predicted octanol–water partition coefficient (Wildman–Crippen LogP) is 2.58. The lowest BCUT2D eigenvalue weighted by molar-refractivity contribution is -0.0527. The summed E-state index contributed by atoms with van der Waals surface area (Å²) in [4.78, 5) is 0. The van der Waals surface area contributed by atoms with Crippen LogP contribution in [0.1, 0.15) is 52.9 Å². The maximum absolute atomic E-state index is 9.70. The van der Waals surface area contributed by atoms with Crippen molar-refractivity contribution in [3.05, 3.63) is 0 Å². The van der Waals surface area contributed by atoms with Crippen molar-refractivity contribution < 1.29 is 10.2 Å². The van der Waals surface area contributed by atoms with E-state index in [4.69, 9.17) is 0 Å². The minimum atomic E-state index is -0.484. The van der Waals surface area contributed by atoms with Gasteiger partial charge in [-0.2, -0.15) is 0 Å². The van der Waals surface area contributed by atoms with Crippen LogP contribution in [0.4, 0.5) is 0 Å². The SMILES string of the molecule is CCCC1CC(O)C(O)CC1CC(C)C. The molecule has 4 atom stereocenters. The van der Waals surface area contributed by atoms with E-state index >= 15 is 0 Å². The first-order valence-electron chi connectivity index (χ1n) is 6.40. The topological polar surface area (TPSA) is 40.5 Å². The Bertz CT molecular complexity index is 179. The predicted molar refractivity (Wildman–Crippen MR) is 62.6 cm³/mol. The van der Waals surface area contributed by atoms with E-state index in [1.54, 1.807) is 0 Å². The van der Waals surface area contributed by atoms with Crippen molar-refractivity contribution in [3.63, 3.8) is 0 Å². The van der Waals surface area contributed by atoms with Crippen LogP contribution in [-0.2, 0) is 0 Å². The second-order valence-electron chi connectivity index (χ2n) is 5.54. The number of rotatable bonds is 4. The molecule has 1 aliphatic rings. The van der Waals surface area contributed by atoms with Gasteiger partial charge in [-0.3, -0.25) is 0 Å². The molecule has 1 rings (SSSR count). The Labute approximate surface area is 93.7 Å². The average molecular weight is 214 g/mol. The van der Waals surface area contributed by atoms with Crippen LogP contribution in [-0.4, -0.2) is 22.4 Å². The summed E-state index contributed by atoms with van der Waals surface area (Å²) in [5, 5.41) is 19.4. The third kappa shape index (κ3) is 3.76. The van der Waals surface area contributed by atoms with Crippen LogP contribution in [0.3, 0.4) is 0 Å². The molecular weight excluding hydrogens is 188 g/mol. The fraction of sp³-hybridized carbons (Fsp3) is 1.00. The molecule has 0 aromatic rings. The van der Waals surface area contributed by atoms with Crippen molar-refractivity contribution in [2.75, 3.05) is 0 Å². The lowest BCUT2D eigenvalue weighted by Gasteiger charge is -2.38. The Kier molecular flexibility index (Phi) is 5.07. The quantitative estimate of drug-likeness (QED) is 0.755. The maximum Gasteiger partial charge on any atom is 0.0802 e. The first-order chi connectivity index (χ1) is 7.04. The van der Waals surface area contributed by atoms with Crippen LogP contribution >= 0.6 is 0 Å². The summed E-state index contributed by atoms with van der Waals surface area (Å²) in [5.41, 5.74) is 0. The third-order valence-corrected chi connectivity index (χ3v) is 3.63. The van der Waals surface area contributed by atoms with E-state index in [-0.39, 0.29) is 0 Å². The molecule has 0 amide bonds. The molecule has 1 saturated carbocycles. The van der Waals surface area contributed by atoms with Crippen molar-refractivity contribution >= 4 is 0 Å². The Morgan fingerprint density at radius 3 is 2.07 bits per heavy atom. The number of aliphatic hydroxyl groups excluding tert-OH is 2. The lowest BCUT2D eigenvalue weighted by atomic mass is 9.71. The average Bonchev–Trinajstić information content (AvgIpc) is 2.13. The van der Waals surface area contributed by atoms with Gasteiger partial charge in [0.05, 0.1) is 12.2 Å². The molecule has 1 fully saturated rings. The summed E-state index contributed by atoms with van der Waals surface area (Å²) in [5.74, 6) is 1.93. The highest BCUT2D eigenvalue weighted by Crippen LogP contribution is 2.37. The van der Waals surface area contributed by atoms with Crippen LogP contribution in [0, 0.1) is 17.8 Å². The fourth-order valence-corrected chi connectivity index (χ4v) is 2.94. The van der Waals surface area contributed by atoms with Gasteiger partial charge in [0.25, 0.3) is 0 Å². The van der Waals surface area contributed by atoms with Crippen molar-refractivity contribution in [2.24, 2.45) is 17.8 Å². The molecule has 0 bridgehead atoms. The largest absolute Gasteiger partial charge is 0.390 e. The number of hydrogen-bond acceptors (Lipinski definition) is 2. The Morgan fingerprint density at radius 1 is 1.07 bits per heavy atom. The van der Waals surface area contributed by atoms with Crippen LogP contribution < -0.4 is 0 Å². The second kappa shape index (κ2) is 5.86. The van der Waals surface area contributed by atoms with Gasteiger partial charge in [0.1, 0.15) is 0 Å². The molecule has 0 radical (unpaired) electrons. The van der Waals surface area contributed by atoms with Gasteiger partial charge < -0.3 is 10.2 Å². The minimum Gasteiger partial charge on any atom is -0.390 e. The molecule has 90 valence electrons. The summed E-state index contributed by atoms with van der Waals surface area (Å²) in [6.07, 6.45) is 4.19. The van der Waals surface area contributed by atoms with E-state index in [1.165, 1.54) is 19.3 Å². The Morgan fingerprint density at radius 2 is 1.60 bits per heavy atom. The van der Waals surface area contributed by atoms with Gasteiger partial charge in [-0.05, 0) is 37.0 Å². The molecular formula is C13H26O2. The molecule has 0 saturated heterocycles. The normalized spacial score (nSPS) is 37.2. The first kappa shape index (κ1) is 13.0. The van der Waals surface area contributed by atoms with E-state index in [0.29, 0.717) is 17.8 Å². The molecule has 2 N–H and O–H groups in total. The van der Waals surface area contributed by atoms with Crippen LogP contribution in [0.15, 0.2) is 0 Å². The molecule has 0 aromatic heterocycles. The Balaban J connectivity index is 2.55. The van der Waals surface area contributed by atoms with Crippen molar-refractivity contribution in [3.8, 4) is 0 Å². The van der Waals surface area contributed by atoms with E-state index in [2.05, 4.69) is 20.8 Å². The van der Waals surface area contributed by atoms with Crippen LogP contribution in [0.5, 0.6) is 0 Å². The zero-order valence-electron chi connectivity index (χ0n) is 10.3. The molecule has 15 heavy (non-hydrogen) atoms. The first-order valence-corrected chi connectivity index (χ1v) is 6.40. The molecule has 4 unspecified atom stereocenters. The van der Waals surface area contributed by atoms with Gasteiger partial charge in [-0.15, -0.1) is 0 Å². The smallest absolute Gasteiger partial charge is 0.0802 e. The van der Waals surface area contributed by atoms with E-state index < -0.39 is 12.2 Å². The van der Waals surface area contributed by atoms with Crippen molar-refractivity contribution in [2.45, 2.75) is 65.1 Å². The van der Waals surface area contributed by atoms with Gasteiger partial charge in [-0.25, -0.2) is 0 Å². The number of hydrogen-bond donors (Lipinski definition) is 2. The summed E-state index contributed by atoms with van der Waals surface area (Å²) in [7, 11) is 0. The van der Waals surface area contributed by atoms with Gasteiger partial charge in [0, 0.05) is 0 Å². The summed E-state index contributed by atoms with van der Waals surface area (Å²) in [6.45, 7) is 6.67. The highest BCUT2D eigenvalue weighted by molar-refractivity contribution is 4.85. The maximum atomic E-state index is 9.70.